The van der Waals surface area contributed by atoms with E-state index in [0.29, 0.717) is 17.4 Å². The Hall–Kier alpha value is -1.40. The highest BCUT2D eigenvalue weighted by Crippen LogP contribution is 2.34. The Morgan fingerprint density at radius 2 is 1.90 bits per heavy atom. The lowest BCUT2D eigenvalue weighted by molar-refractivity contribution is -0.137. The normalized spacial score (nSPS) is 12.4. The molecular weight excluding hydrogens is 397 g/mol. The van der Waals surface area contributed by atoms with Crippen LogP contribution >= 0.6 is 27.3 Å². The zero-order chi connectivity index (χ0) is 15.8. The SMILES string of the molecule is Nc1nnc(S(=O)(=O)Nc2cc(Br)cc(C(F)(F)F)c2)s1. The molecule has 6 nitrogen and oxygen atoms in total. The minimum Gasteiger partial charge on any atom is -0.374 e. The Kier molecular flexibility index (Phi) is 4.13. The van der Waals surface area contributed by atoms with E-state index in [1.54, 1.807) is 0 Å². The van der Waals surface area contributed by atoms with Crippen molar-refractivity contribution in [3.8, 4) is 0 Å². The van der Waals surface area contributed by atoms with Gasteiger partial charge in [-0.05, 0) is 18.2 Å². The zero-order valence-electron chi connectivity index (χ0n) is 9.85. The zero-order valence-corrected chi connectivity index (χ0v) is 13.1. The molecule has 0 unspecified atom stereocenters. The predicted molar refractivity (Wildman–Crippen MR) is 74.3 cm³/mol. The molecule has 0 saturated carbocycles. The first-order chi connectivity index (χ1) is 9.58. The van der Waals surface area contributed by atoms with Gasteiger partial charge in [0.15, 0.2) is 0 Å². The molecule has 2 aromatic rings. The van der Waals surface area contributed by atoms with Gasteiger partial charge in [-0.15, -0.1) is 10.2 Å². The summed E-state index contributed by atoms with van der Waals surface area (Å²) in [6.45, 7) is 0. The van der Waals surface area contributed by atoms with Crippen molar-refractivity contribution in [3.63, 3.8) is 0 Å². The van der Waals surface area contributed by atoms with Crippen LogP contribution in [0.1, 0.15) is 5.56 Å². The molecule has 0 atom stereocenters. The van der Waals surface area contributed by atoms with Crippen molar-refractivity contribution in [2.45, 2.75) is 10.5 Å². The second kappa shape index (κ2) is 5.42. The summed E-state index contributed by atoms with van der Waals surface area (Å²) in [6.07, 6.45) is -4.60. The van der Waals surface area contributed by atoms with Gasteiger partial charge in [-0.3, -0.25) is 4.72 Å². The number of aromatic nitrogens is 2. The van der Waals surface area contributed by atoms with Gasteiger partial charge >= 0.3 is 6.18 Å². The fraction of sp³-hybridized carbons (Fsp3) is 0.111. The summed E-state index contributed by atoms with van der Waals surface area (Å²) >= 11 is 3.49. The van der Waals surface area contributed by atoms with Crippen molar-refractivity contribution in [2.75, 3.05) is 10.5 Å². The summed E-state index contributed by atoms with van der Waals surface area (Å²) in [5.74, 6) is 0. The first kappa shape index (κ1) is 16.0. The van der Waals surface area contributed by atoms with Crippen LogP contribution < -0.4 is 10.5 Å². The lowest BCUT2D eigenvalue weighted by Crippen LogP contribution is -2.14. The van der Waals surface area contributed by atoms with Crippen molar-refractivity contribution >= 4 is 48.1 Å². The van der Waals surface area contributed by atoms with E-state index in [-0.39, 0.29) is 15.3 Å². The largest absolute Gasteiger partial charge is 0.416 e. The molecule has 2 rings (SSSR count). The number of halogens is 4. The van der Waals surface area contributed by atoms with E-state index in [4.69, 9.17) is 5.73 Å². The fourth-order valence-electron chi connectivity index (χ4n) is 1.34. The third kappa shape index (κ3) is 3.83. The number of anilines is 2. The summed E-state index contributed by atoms with van der Waals surface area (Å²) in [4.78, 5) is 0. The van der Waals surface area contributed by atoms with Crippen LogP contribution in [-0.4, -0.2) is 18.6 Å². The van der Waals surface area contributed by atoms with E-state index in [2.05, 4.69) is 26.1 Å². The molecule has 114 valence electrons. The quantitative estimate of drug-likeness (QED) is 0.822. The van der Waals surface area contributed by atoms with Gasteiger partial charge in [0.25, 0.3) is 14.4 Å². The molecule has 0 aliphatic carbocycles. The van der Waals surface area contributed by atoms with Gasteiger partial charge in [0, 0.05) is 4.47 Å². The van der Waals surface area contributed by atoms with Crippen molar-refractivity contribution in [3.05, 3.63) is 28.2 Å². The van der Waals surface area contributed by atoms with Crippen LogP contribution in [0.4, 0.5) is 24.0 Å². The summed E-state index contributed by atoms with van der Waals surface area (Å²) < 4.78 is 63.5. The second-order valence-electron chi connectivity index (χ2n) is 3.74. The van der Waals surface area contributed by atoms with Crippen LogP contribution in [0.2, 0.25) is 0 Å². The monoisotopic (exact) mass is 402 g/mol. The van der Waals surface area contributed by atoms with Crippen LogP contribution in [0.25, 0.3) is 0 Å². The molecule has 0 fully saturated rings. The average Bonchev–Trinajstić information content (AvgIpc) is 2.74. The second-order valence-corrected chi connectivity index (χ2v) is 7.52. The molecule has 1 heterocycles. The highest BCUT2D eigenvalue weighted by atomic mass is 79.9. The Balaban J connectivity index is 2.38. The number of hydrogen-bond donors (Lipinski definition) is 2. The number of sulfonamides is 1. The minimum atomic E-state index is -4.60. The van der Waals surface area contributed by atoms with E-state index < -0.39 is 26.1 Å². The van der Waals surface area contributed by atoms with Gasteiger partial charge in [0.1, 0.15) is 0 Å². The highest BCUT2D eigenvalue weighted by Gasteiger charge is 2.31. The van der Waals surface area contributed by atoms with Crippen molar-refractivity contribution < 1.29 is 21.6 Å². The lowest BCUT2D eigenvalue weighted by Gasteiger charge is -2.11. The van der Waals surface area contributed by atoms with Gasteiger partial charge in [0.2, 0.25) is 5.13 Å². The number of nitrogen functional groups attached to an aromatic ring is 1. The Morgan fingerprint density at radius 3 is 2.43 bits per heavy atom. The Labute approximate surface area is 129 Å². The van der Waals surface area contributed by atoms with E-state index in [9.17, 15) is 21.6 Å². The topological polar surface area (TPSA) is 98.0 Å². The number of nitrogens with zero attached hydrogens (tertiary/aromatic N) is 2. The Bertz CT molecular complexity index is 776. The number of alkyl halides is 3. The molecule has 0 radical (unpaired) electrons. The maximum Gasteiger partial charge on any atom is 0.416 e. The number of rotatable bonds is 3. The van der Waals surface area contributed by atoms with Crippen molar-refractivity contribution in [1.82, 2.24) is 10.2 Å². The summed E-state index contributed by atoms with van der Waals surface area (Å²) in [5, 5.41) is 6.60. The van der Waals surface area contributed by atoms with Gasteiger partial charge in [-0.2, -0.15) is 21.6 Å². The molecule has 0 amide bonds. The van der Waals surface area contributed by atoms with E-state index in [1.807, 2.05) is 4.72 Å². The summed E-state index contributed by atoms with van der Waals surface area (Å²) in [5.41, 5.74) is 4.02. The number of nitrogens with one attached hydrogen (secondary N) is 1. The van der Waals surface area contributed by atoms with Gasteiger partial charge in [-0.1, -0.05) is 27.3 Å². The first-order valence-corrected chi connectivity index (χ1v) is 8.17. The van der Waals surface area contributed by atoms with E-state index in [1.165, 1.54) is 6.07 Å². The summed E-state index contributed by atoms with van der Waals surface area (Å²) in [6, 6.07) is 2.70. The van der Waals surface area contributed by atoms with Gasteiger partial charge in [0.05, 0.1) is 11.3 Å². The predicted octanol–water partition coefficient (Wildman–Crippen LogP) is 2.70. The third-order valence-corrected chi connectivity index (χ3v) is 5.09. The molecular formula is C9H6BrF3N4O2S2. The summed E-state index contributed by atoms with van der Waals surface area (Å²) in [7, 11) is -4.14. The maximum absolute atomic E-state index is 12.7. The molecule has 0 spiro atoms. The first-order valence-electron chi connectivity index (χ1n) is 5.07. The van der Waals surface area contributed by atoms with E-state index >= 15 is 0 Å². The molecule has 12 heteroatoms. The average molecular weight is 403 g/mol. The number of benzene rings is 1. The van der Waals surface area contributed by atoms with Gasteiger partial charge < -0.3 is 5.73 Å². The smallest absolute Gasteiger partial charge is 0.374 e. The fourth-order valence-corrected chi connectivity index (χ4v) is 3.66. The lowest BCUT2D eigenvalue weighted by atomic mass is 10.2. The minimum absolute atomic E-state index is 0.0689. The molecule has 21 heavy (non-hydrogen) atoms. The van der Waals surface area contributed by atoms with Crippen LogP contribution in [-0.2, 0) is 16.2 Å². The molecule has 3 N–H and O–H groups in total. The molecule has 0 saturated heterocycles. The highest BCUT2D eigenvalue weighted by molar-refractivity contribution is 9.10. The molecule has 1 aromatic carbocycles. The van der Waals surface area contributed by atoms with Crippen LogP contribution in [0.5, 0.6) is 0 Å². The third-order valence-electron chi connectivity index (χ3n) is 2.13. The standard InChI is InChI=1S/C9H6BrF3N4O2S2/c10-5-1-4(9(11,12)13)2-6(3-5)17-21(18,19)8-16-15-7(14)20-8/h1-3,17H,(H2,14,15). The number of nitrogens with two attached hydrogens (primary N) is 1. The molecule has 0 aliphatic rings. The van der Waals surface area contributed by atoms with Crippen LogP contribution in [0.3, 0.4) is 0 Å². The van der Waals surface area contributed by atoms with E-state index in [0.717, 1.165) is 6.07 Å². The van der Waals surface area contributed by atoms with Crippen molar-refractivity contribution in [2.24, 2.45) is 0 Å². The Morgan fingerprint density at radius 1 is 1.24 bits per heavy atom. The number of hydrogen-bond acceptors (Lipinski definition) is 6. The van der Waals surface area contributed by atoms with Crippen LogP contribution in [0.15, 0.2) is 27.0 Å². The maximum atomic E-state index is 12.7. The van der Waals surface area contributed by atoms with Crippen molar-refractivity contribution in [1.29, 1.82) is 0 Å². The molecule has 0 aliphatic heterocycles. The molecule has 0 bridgehead atoms. The van der Waals surface area contributed by atoms with Crippen LogP contribution in [0, 0.1) is 0 Å². The van der Waals surface area contributed by atoms with Gasteiger partial charge in [-0.25, -0.2) is 0 Å². The molecule has 1 aromatic heterocycles.